The Bertz CT molecular complexity index is 826. The Labute approximate surface area is 176 Å². The summed E-state index contributed by atoms with van der Waals surface area (Å²) in [6, 6.07) is 10.4. The predicted molar refractivity (Wildman–Crippen MR) is 121 cm³/mol. The van der Waals surface area contributed by atoms with Crippen molar-refractivity contribution >= 4 is 19.8 Å². The smallest absolute Gasteiger partial charge is 0.231 e. The minimum Gasteiger partial charge on any atom is -0.336 e. The molecule has 3 nitrogen and oxygen atoms in total. The molecule has 1 saturated carbocycles. The number of allylic oxidation sites excluding steroid dienone is 3. The zero-order valence-electron chi connectivity index (χ0n) is 18.7. The van der Waals surface area contributed by atoms with Gasteiger partial charge in [0.15, 0.2) is 0 Å². The van der Waals surface area contributed by atoms with E-state index in [2.05, 4.69) is 77.6 Å². The summed E-state index contributed by atoms with van der Waals surface area (Å²) in [6.45, 7) is 14.9. The summed E-state index contributed by atoms with van der Waals surface area (Å²) in [5.74, 6) is 0.0884. The summed E-state index contributed by atoms with van der Waals surface area (Å²) in [4.78, 5) is 27.3. The van der Waals surface area contributed by atoms with E-state index in [1.807, 2.05) is 12.1 Å². The van der Waals surface area contributed by atoms with E-state index in [0.29, 0.717) is 0 Å². The summed E-state index contributed by atoms with van der Waals surface area (Å²) in [7, 11) is 1.64. The summed E-state index contributed by atoms with van der Waals surface area (Å²) in [5.41, 5.74) is 1.04. The third-order valence-electron chi connectivity index (χ3n) is 7.71. The Balaban J connectivity index is 1.92. The summed E-state index contributed by atoms with van der Waals surface area (Å²) < 4.78 is 0. The van der Waals surface area contributed by atoms with Crippen molar-refractivity contribution in [2.45, 2.75) is 46.5 Å². The first-order valence-corrected chi connectivity index (χ1v) is 10.7. The monoisotopic (exact) mass is 391 g/mol. The van der Waals surface area contributed by atoms with Gasteiger partial charge in [-0.05, 0) is 35.2 Å². The van der Waals surface area contributed by atoms with Crippen LogP contribution in [0, 0.1) is 35.0 Å². The number of imide groups is 1. The van der Waals surface area contributed by atoms with E-state index in [1.165, 1.54) is 10.4 Å². The number of hydrogen-bond donors (Lipinski definition) is 0. The third kappa shape index (κ3) is 3.74. The Hall–Kier alpha value is -2.10. The van der Waals surface area contributed by atoms with Crippen LogP contribution in [0.1, 0.15) is 46.6 Å². The highest BCUT2D eigenvalue weighted by atomic mass is 16.2. The minimum absolute atomic E-state index is 0.00469. The second-order valence-corrected chi connectivity index (χ2v) is 10.1. The van der Waals surface area contributed by atoms with Crippen molar-refractivity contribution in [3.8, 4) is 0 Å². The van der Waals surface area contributed by atoms with Crippen LogP contribution in [-0.2, 0) is 15.0 Å². The second kappa shape index (κ2) is 7.62. The highest BCUT2D eigenvalue weighted by Crippen LogP contribution is 2.53. The van der Waals surface area contributed by atoms with Crippen LogP contribution < -0.4 is 0 Å². The van der Waals surface area contributed by atoms with Gasteiger partial charge in [-0.25, -0.2) is 0 Å². The van der Waals surface area contributed by atoms with Crippen molar-refractivity contribution in [2.75, 3.05) is 0 Å². The Kier molecular flexibility index (Phi) is 5.68. The molecule has 1 aromatic rings. The van der Waals surface area contributed by atoms with Gasteiger partial charge in [0.1, 0.15) is 0 Å². The van der Waals surface area contributed by atoms with Gasteiger partial charge in [0.05, 0.1) is 11.8 Å². The topological polar surface area (TPSA) is 37.4 Å². The number of hydrogen-bond acceptors (Lipinski definition) is 2. The van der Waals surface area contributed by atoms with E-state index in [1.54, 1.807) is 7.98 Å². The normalized spacial score (nSPS) is 28.8. The van der Waals surface area contributed by atoms with E-state index in [-0.39, 0.29) is 52.2 Å². The quantitative estimate of drug-likeness (QED) is 0.415. The van der Waals surface area contributed by atoms with Gasteiger partial charge in [0.2, 0.25) is 19.8 Å². The molecule has 1 aliphatic heterocycles. The van der Waals surface area contributed by atoms with Crippen LogP contribution in [0.25, 0.3) is 0 Å². The number of benzene rings is 1. The zero-order valence-corrected chi connectivity index (χ0v) is 18.7. The lowest BCUT2D eigenvalue weighted by molar-refractivity contribution is -0.135. The standard InChI is InChI=1S/C25H34BNO2/c1-7-24(3,4)16(2)19-15-17(20-21(19)23(29)27(26)22(20)28)13-14-25(5,6)18-11-9-8-10-12-18/h7-14,16-17,19-21H,1,15,26H2,2-6H3/b14-13+. The molecule has 0 N–H and O–H groups in total. The molecule has 2 aliphatic rings. The molecule has 0 spiro atoms. The lowest BCUT2D eigenvalue weighted by Gasteiger charge is -2.35. The molecule has 0 bridgehead atoms. The maximum absolute atomic E-state index is 13.0. The van der Waals surface area contributed by atoms with Crippen molar-refractivity contribution in [1.29, 1.82) is 0 Å². The molecule has 3 rings (SSSR count). The maximum Gasteiger partial charge on any atom is 0.231 e. The average molecular weight is 391 g/mol. The van der Waals surface area contributed by atoms with Crippen LogP contribution in [0.2, 0.25) is 0 Å². The molecule has 1 aliphatic carbocycles. The van der Waals surface area contributed by atoms with Crippen LogP contribution in [0.15, 0.2) is 55.1 Å². The van der Waals surface area contributed by atoms with Crippen molar-refractivity contribution in [2.24, 2.45) is 35.0 Å². The minimum atomic E-state index is -0.233. The van der Waals surface area contributed by atoms with Gasteiger partial charge >= 0.3 is 0 Å². The van der Waals surface area contributed by atoms with Crippen molar-refractivity contribution < 1.29 is 9.59 Å². The third-order valence-corrected chi connectivity index (χ3v) is 7.71. The number of amides is 2. The first-order valence-electron chi connectivity index (χ1n) is 10.7. The fourth-order valence-corrected chi connectivity index (χ4v) is 5.15. The second-order valence-electron chi connectivity index (χ2n) is 10.1. The first-order chi connectivity index (χ1) is 13.5. The van der Waals surface area contributed by atoms with Gasteiger partial charge in [0.25, 0.3) is 0 Å². The number of rotatable bonds is 6. The SMILES string of the molecule is BN1C(=O)C2C(/C=C/C(C)(C)c3ccccc3)CC(C(C)C(C)(C)C=C)C2C1=O. The van der Waals surface area contributed by atoms with E-state index >= 15 is 0 Å². The lowest BCUT2D eigenvalue weighted by atomic mass is 9.69. The molecule has 154 valence electrons. The van der Waals surface area contributed by atoms with Gasteiger partial charge in [-0.3, -0.25) is 9.59 Å². The Morgan fingerprint density at radius 3 is 2.28 bits per heavy atom. The molecule has 2 fully saturated rings. The predicted octanol–water partition coefficient (Wildman–Crippen LogP) is 4.15. The molecule has 29 heavy (non-hydrogen) atoms. The number of nitrogens with zero attached hydrogens (tertiary/aromatic N) is 1. The molecule has 5 unspecified atom stereocenters. The summed E-state index contributed by atoms with van der Waals surface area (Å²) in [5, 5.41) is 0. The maximum atomic E-state index is 13.0. The fraction of sp³-hybridized carbons (Fsp3) is 0.520. The van der Waals surface area contributed by atoms with Crippen LogP contribution in [0.4, 0.5) is 0 Å². The molecular formula is C25H34BNO2. The van der Waals surface area contributed by atoms with E-state index in [9.17, 15) is 9.59 Å². The van der Waals surface area contributed by atoms with E-state index < -0.39 is 0 Å². The van der Waals surface area contributed by atoms with Gasteiger partial charge in [-0.2, -0.15) is 0 Å². The first kappa shape index (κ1) is 21.6. The van der Waals surface area contributed by atoms with Crippen LogP contribution in [0.3, 0.4) is 0 Å². The fourth-order valence-electron chi connectivity index (χ4n) is 5.15. The highest BCUT2D eigenvalue weighted by Gasteiger charge is 2.58. The number of carbonyl (C=O) groups is 2. The molecule has 1 aromatic carbocycles. The summed E-state index contributed by atoms with van der Waals surface area (Å²) in [6.07, 6.45) is 7.30. The molecule has 2 amide bonds. The van der Waals surface area contributed by atoms with Crippen molar-refractivity contribution in [3.63, 3.8) is 0 Å². The van der Waals surface area contributed by atoms with Crippen molar-refractivity contribution in [3.05, 3.63) is 60.7 Å². The van der Waals surface area contributed by atoms with Crippen LogP contribution in [-0.4, -0.2) is 24.6 Å². The van der Waals surface area contributed by atoms with Gasteiger partial charge in [-0.1, -0.05) is 83.2 Å². The Morgan fingerprint density at radius 2 is 1.69 bits per heavy atom. The van der Waals surface area contributed by atoms with Crippen LogP contribution in [0.5, 0.6) is 0 Å². The zero-order chi connectivity index (χ0) is 21.6. The number of carbonyl (C=O) groups excluding carboxylic acids is 2. The van der Waals surface area contributed by atoms with Gasteiger partial charge < -0.3 is 4.81 Å². The largest absolute Gasteiger partial charge is 0.336 e. The number of fused-ring (bicyclic) bond motifs is 1. The Morgan fingerprint density at radius 1 is 1.10 bits per heavy atom. The van der Waals surface area contributed by atoms with Crippen molar-refractivity contribution in [1.82, 2.24) is 4.81 Å². The molecule has 0 radical (unpaired) electrons. The lowest BCUT2D eigenvalue weighted by Crippen LogP contribution is -2.35. The van der Waals surface area contributed by atoms with E-state index in [0.717, 1.165) is 6.42 Å². The highest BCUT2D eigenvalue weighted by molar-refractivity contribution is 6.28. The molecule has 5 atom stereocenters. The molecular weight excluding hydrogens is 357 g/mol. The van der Waals surface area contributed by atoms with Gasteiger partial charge in [-0.15, -0.1) is 6.58 Å². The van der Waals surface area contributed by atoms with Crippen LogP contribution >= 0.6 is 0 Å². The molecule has 1 saturated heterocycles. The van der Waals surface area contributed by atoms with E-state index in [4.69, 9.17) is 0 Å². The molecule has 1 heterocycles. The van der Waals surface area contributed by atoms with Gasteiger partial charge in [0, 0.05) is 5.41 Å². The average Bonchev–Trinajstić information content (AvgIpc) is 3.19. The molecule has 0 aromatic heterocycles. The summed E-state index contributed by atoms with van der Waals surface area (Å²) >= 11 is 0. The molecule has 4 heteroatoms.